The molecule has 29 heavy (non-hydrogen) atoms. The summed E-state index contributed by atoms with van der Waals surface area (Å²) in [5, 5.41) is 19.2. The number of nitriles is 1. The molecule has 3 aromatic carbocycles. The zero-order chi connectivity index (χ0) is 20.1. The Hall–Kier alpha value is -3.36. The van der Waals surface area contributed by atoms with Gasteiger partial charge in [0, 0.05) is 12.2 Å². The molecule has 0 atom stereocenters. The Labute approximate surface area is 174 Å². The lowest BCUT2D eigenvalue weighted by Gasteiger charge is -2.13. The van der Waals surface area contributed by atoms with Gasteiger partial charge in [0.1, 0.15) is 5.82 Å². The Morgan fingerprint density at radius 2 is 1.62 bits per heavy atom. The van der Waals surface area contributed by atoms with E-state index in [1.54, 1.807) is 11.8 Å². The average molecular weight is 397 g/mol. The summed E-state index contributed by atoms with van der Waals surface area (Å²) < 4.78 is 2.14. The predicted octanol–water partition coefficient (Wildman–Crippen LogP) is 5.33. The van der Waals surface area contributed by atoms with Gasteiger partial charge in [-0.15, -0.1) is 10.2 Å². The summed E-state index contributed by atoms with van der Waals surface area (Å²) in [6, 6.07) is 28.5. The van der Waals surface area contributed by atoms with Gasteiger partial charge < -0.3 is 0 Å². The molecule has 0 fully saturated rings. The maximum absolute atomic E-state index is 9.36. The van der Waals surface area contributed by atoms with Crippen LogP contribution in [0.2, 0.25) is 0 Å². The highest BCUT2D eigenvalue weighted by Crippen LogP contribution is 2.28. The molecule has 0 bridgehead atoms. The zero-order valence-corrected chi connectivity index (χ0v) is 16.9. The van der Waals surface area contributed by atoms with Crippen molar-refractivity contribution < 1.29 is 0 Å². The first-order valence-corrected chi connectivity index (χ1v) is 10.4. The van der Waals surface area contributed by atoms with Crippen LogP contribution >= 0.6 is 11.8 Å². The smallest absolute Gasteiger partial charge is 0.196 e. The number of hydrogen-bond acceptors (Lipinski definition) is 4. The van der Waals surface area contributed by atoms with Crippen LogP contribution in [0.25, 0.3) is 5.69 Å². The van der Waals surface area contributed by atoms with Crippen molar-refractivity contribution >= 4 is 11.8 Å². The van der Waals surface area contributed by atoms with Crippen LogP contribution in [0, 0.1) is 18.3 Å². The van der Waals surface area contributed by atoms with Gasteiger partial charge in [0.15, 0.2) is 5.16 Å². The van der Waals surface area contributed by atoms with Crippen LogP contribution in [0.1, 0.15) is 28.1 Å². The molecule has 0 unspecified atom stereocenters. The molecule has 0 radical (unpaired) electrons. The quantitative estimate of drug-likeness (QED) is 0.413. The second-order valence-electron chi connectivity index (χ2n) is 6.74. The molecule has 5 heteroatoms. The summed E-state index contributed by atoms with van der Waals surface area (Å²) in [5.41, 5.74) is 5.15. The first kappa shape index (κ1) is 19.0. The van der Waals surface area contributed by atoms with Gasteiger partial charge in [0.25, 0.3) is 0 Å². The number of para-hydroxylation sites is 1. The molecule has 4 aromatic rings. The first-order chi connectivity index (χ1) is 14.3. The third-order valence-corrected chi connectivity index (χ3v) is 5.73. The van der Waals surface area contributed by atoms with Gasteiger partial charge in [-0.1, -0.05) is 78.5 Å². The van der Waals surface area contributed by atoms with Crippen molar-refractivity contribution in [1.29, 1.82) is 5.26 Å². The van der Waals surface area contributed by atoms with E-state index < -0.39 is 0 Å². The van der Waals surface area contributed by atoms with E-state index in [0.717, 1.165) is 22.2 Å². The van der Waals surface area contributed by atoms with E-state index in [0.29, 0.717) is 17.7 Å². The second kappa shape index (κ2) is 8.76. The lowest BCUT2D eigenvalue weighted by atomic mass is 10.1. The van der Waals surface area contributed by atoms with Crippen molar-refractivity contribution in [2.24, 2.45) is 0 Å². The number of hydrogen-bond donors (Lipinski definition) is 0. The molecule has 0 aliphatic carbocycles. The van der Waals surface area contributed by atoms with E-state index >= 15 is 0 Å². The van der Waals surface area contributed by atoms with Crippen LogP contribution in [0.4, 0.5) is 0 Å². The van der Waals surface area contributed by atoms with E-state index in [1.807, 2.05) is 54.6 Å². The van der Waals surface area contributed by atoms with Crippen molar-refractivity contribution in [2.75, 3.05) is 0 Å². The first-order valence-electron chi connectivity index (χ1n) is 9.41. The van der Waals surface area contributed by atoms with Crippen LogP contribution in [0.15, 0.2) is 84.0 Å². The normalized spacial score (nSPS) is 10.6. The van der Waals surface area contributed by atoms with Crippen LogP contribution in [0.5, 0.6) is 0 Å². The van der Waals surface area contributed by atoms with Crippen LogP contribution < -0.4 is 0 Å². The number of benzene rings is 3. The Kier molecular flexibility index (Phi) is 5.73. The van der Waals surface area contributed by atoms with Crippen molar-refractivity contribution in [1.82, 2.24) is 14.8 Å². The lowest BCUT2D eigenvalue weighted by molar-refractivity contribution is 0.841. The SMILES string of the molecule is Cc1ccccc1-n1c(Cc2ccccc2)nnc1SCc1ccccc1C#N. The minimum Gasteiger partial charge on any atom is -0.273 e. The minimum atomic E-state index is 0.666. The van der Waals surface area contributed by atoms with Crippen molar-refractivity contribution in [3.63, 3.8) is 0 Å². The van der Waals surface area contributed by atoms with Gasteiger partial charge in [-0.25, -0.2) is 0 Å². The fourth-order valence-corrected chi connectivity index (χ4v) is 4.21. The Morgan fingerprint density at radius 3 is 2.41 bits per heavy atom. The monoisotopic (exact) mass is 396 g/mol. The molecular weight excluding hydrogens is 376 g/mol. The highest BCUT2D eigenvalue weighted by Gasteiger charge is 2.17. The largest absolute Gasteiger partial charge is 0.273 e. The van der Waals surface area contributed by atoms with Gasteiger partial charge in [0.2, 0.25) is 0 Å². The fraction of sp³-hybridized carbons (Fsp3) is 0.125. The van der Waals surface area contributed by atoms with Gasteiger partial charge in [-0.05, 0) is 35.7 Å². The topological polar surface area (TPSA) is 54.5 Å². The van der Waals surface area contributed by atoms with E-state index in [9.17, 15) is 5.26 Å². The Morgan fingerprint density at radius 1 is 0.897 bits per heavy atom. The number of nitrogens with zero attached hydrogens (tertiary/aromatic N) is 4. The standard InChI is InChI=1S/C24H20N4S/c1-18-9-5-8-14-22(18)28-23(15-19-10-3-2-4-11-19)26-27-24(28)29-17-21-13-7-6-12-20(21)16-25/h2-14H,15,17H2,1H3. The molecule has 0 amide bonds. The summed E-state index contributed by atoms with van der Waals surface area (Å²) in [7, 11) is 0. The third kappa shape index (κ3) is 4.23. The molecule has 1 heterocycles. The lowest BCUT2D eigenvalue weighted by Crippen LogP contribution is -2.05. The predicted molar refractivity (Wildman–Crippen MR) is 116 cm³/mol. The minimum absolute atomic E-state index is 0.666. The average Bonchev–Trinajstić information content (AvgIpc) is 3.15. The molecule has 0 N–H and O–H groups in total. The number of aromatic nitrogens is 3. The molecule has 4 nitrogen and oxygen atoms in total. The molecule has 0 aliphatic rings. The summed E-state index contributed by atoms with van der Waals surface area (Å²) in [5.74, 6) is 1.57. The summed E-state index contributed by atoms with van der Waals surface area (Å²) in [6.07, 6.45) is 0.706. The summed E-state index contributed by atoms with van der Waals surface area (Å²) >= 11 is 1.60. The number of thioether (sulfide) groups is 1. The second-order valence-corrected chi connectivity index (χ2v) is 7.68. The highest BCUT2D eigenvalue weighted by molar-refractivity contribution is 7.98. The highest BCUT2D eigenvalue weighted by atomic mass is 32.2. The maximum Gasteiger partial charge on any atom is 0.196 e. The molecule has 0 spiro atoms. The Balaban J connectivity index is 1.70. The van der Waals surface area contributed by atoms with Gasteiger partial charge in [-0.3, -0.25) is 4.57 Å². The van der Waals surface area contributed by atoms with Crippen molar-refractivity contribution in [2.45, 2.75) is 24.3 Å². The zero-order valence-electron chi connectivity index (χ0n) is 16.1. The Bertz CT molecular complexity index is 1160. The molecule has 142 valence electrons. The number of rotatable bonds is 6. The van der Waals surface area contributed by atoms with E-state index in [4.69, 9.17) is 0 Å². The van der Waals surface area contributed by atoms with E-state index in [1.165, 1.54) is 11.1 Å². The fourth-order valence-electron chi connectivity index (χ4n) is 3.24. The van der Waals surface area contributed by atoms with Crippen LogP contribution in [-0.4, -0.2) is 14.8 Å². The molecule has 0 aliphatic heterocycles. The molecular formula is C24H20N4S. The molecule has 0 saturated carbocycles. The maximum atomic E-state index is 9.36. The number of aryl methyl sites for hydroxylation is 1. The summed E-state index contributed by atoms with van der Waals surface area (Å²) in [6.45, 7) is 2.10. The van der Waals surface area contributed by atoms with Crippen LogP contribution in [-0.2, 0) is 12.2 Å². The van der Waals surface area contributed by atoms with E-state index in [2.05, 4.69) is 52.0 Å². The van der Waals surface area contributed by atoms with Gasteiger partial charge >= 0.3 is 0 Å². The van der Waals surface area contributed by atoms with Crippen molar-refractivity contribution in [3.05, 3.63) is 107 Å². The van der Waals surface area contributed by atoms with Gasteiger partial charge in [-0.2, -0.15) is 5.26 Å². The third-order valence-electron chi connectivity index (χ3n) is 4.76. The van der Waals surface area contributed by atoms with Crippen molar-refractivity contribution in [3.8, 4) is 11.8 Å². The van der Waals surface area contributed by atoms with Crippen LogP contribution in [0.3, 0.4) is 0 Å². The molecule has 1 aromatic heterocycles. The molecule has 4 rings (SSSR count). The van der Waals surface area contributed by atoms with Gasteiger partial charge in [0.05, 0.1) is 17.3 Å². The summed E-state index contributed by atoms with van der Waals surface area (Å²) in [4.78, 5) is 0. The van der Waals surface area contributed by atoms with E-state index in [-0.39, 0.29) is 0 Å². The molecule has 0 saturated heterocycles.